The number of carbonyl (C=O) groups is 2. The highest BCUT2D eigenvalue weighted by Gasteiger charge is 2.26. The fraction of sp³-hybridized carbons (Fsp3) is 0.600. The van der Waals surface area contributed by atoms with E-state index in [2.05, 4.69) is 20.8 Å². The molecular weight excluding hydrogens is 332 g/mol. The van der Waals surface area contributed by atoms with Gasteiger partial charge in [0, 0.05) is 32.6 Å². The maximum Gasteiger partial charge on any atom is 0.260 e. The zero-order valence-electron chi connectivity index (χ0n) is 16.3. The summed E-state index contributed by atoms with van der Waals surface area (Å²) in [7, 11) is 0. The maximum atomic E-state index is 12.4. The first kappa shape index (κ1) is 20.1. The lowest BCUT2D eigenvalue weighted by molar-refractivity contribution is -0.141. The molecule has 1 heterocycles. The smallest absolute Gasteiger partial charge is 0.260 e. The second-order valence-corrected chi connectivity index (χ2v) is 7.67. The molecular formula is C20H30N2O4. The van der Waals surface area contributed by atoms with Crippen LogP contribution in [0, 0.1) is 5.41 Å². The number of carbonyl (C=O) groups excluding carboxylic acids is 2. The quantitative estimate of drug-likeness (QED) is 0.780. The van der Waals surface area contributed by atoms with Gasteiger partial charge in [0.25, 0.3) is 5.91 Å². The van der Waals surface area contributed by atoms with Crippen LogP contribution < -0.4 is 9.47 Å². The van der Waals surface area contributed by atoms with Gasteiger partial charge in [-0.25, -0.2) is 0 Å². The van der Waals surface area contributed by atoms with E-state index in [1.807, 2.05) is 30.0 Å². The van der Waals surface area contributed by atoms with Gasteiger partial charge in [-0.15, -0.1) is 0 Å². The van der Waals surface area contributed by atoms with Crippen LogP contribution in [0.3, 0.4) is 0 Å². The summed E-state index contributed by atoms with van der Waals surface area (Å²) < 4.78 is 11.1. The zero-order chi connectivity index (χ0) is 19.2. The average Bonchev–Trinajstić information content (AvgIpc) is 2.59. The Labute approximate surface area is 156 Å². The number of ether oxygens (including phenoxy) is 2. The zero-order valence-corrected chi connectivity index (χ0v) is 16.3. The Hall–Kier alpha value is -2.24. The predicted molar refractivity (Wildman–Crippen MR) is 100 cm³/mol. The summed E-state index contributed by atoms with van der Waals surface area (Å²) in [6, 6.07) is 7.33. The third-order valence-corrected chi connectivity index (χ3v) is 4.17. The van der Waals surface area contributed by atoms with E-state index < -0.39 is 0 Å². The molecule has 0 radical (unpaired) electrons. The molecule has 144 valence electrons. The first-order valence-electron chi connectivity index (χ1n) is 9.20. The minimum absolute atomic E-state index is 0.0220. The highest BCUT2D eigenvalue weighted by Crippen LogP contribution is 2.26. The highest BCUT2D eigenvalue weighted by molar-refractivity contribution is 5.79. The topological polar surface area (TPSA) is 59.1 Å². The van der Waals surface area contributed by atoms with Crippen LogP contribution in [0.15, 0.2) is 24.3 Å². The molecule has 0 saturated carbocycles. The number of piperazine rings is 1. The molecule has 0 aliphatic carbocycles. The number of benzene rings is 1. The summed E-state index contributed by atoms with van der Waals surface area (Å²) in [4.78, 5) is 28.3. The molecule has 0 spiro atoms. The summed E-state index contributed by atoms with van der Waals surface area (Å²) >= 11 is 0. The van der Waals surface area contributed by atoms with Crippen molar-refractivity contribution in [3.8, 4) is 11.5 Å². The Balaban J connectivity index is 1.81. The second-order valence-electron chi connectivity index (χ2n) is 7.67. The van der Waals surface area contributed by atoms with Gasteiger partial charge in [0.2, 0.25) is 5.91 Å². The normalized spacial score (nSPS) is 14.9. The Morgan fingerprint density at radius 3 is 1.92 bits per heavy atom. The molecule has 6 nitrogen and oxygen atoms in total. The molecule has 1 aromatic rings. The van der Waals surface area contributed by atoms with Gasteiger partial charge < -0.3 is 19.3 Å². The van der Waals surface area contributed by atoms with Gasteiger partial charge in [-0.2, -0.15) is 0 Å². The molecule has 0 aromatic heterocycles. The second kappa shape index (κ2) is 8.92. The van der Waals surface area contributed by atoms with Gasteiger partial charge in [-0.3, -0.25) is 9.59 Å². The van der Waals surface area contributed by atoms with Gasteiger partial charge in [0.05, 0.1) is 6.61 Å². The monoisotopic (exact) mass is 362 g/mol. The molecule has 1 aromatic carbocycles. The SMILES string of the molecule is CCOc1ccccc1OCC(=O)N1CCN(C(=O)CC(C)(C)C)CC1. The van der Waals surface area contributed by atoms with Crippen molar-refractivity contribution in [1.29, 1.82) is 0 Å². The number of hydrogen-bond acceptors (Lipinski definition) is 4. The standard InChI is InChI=1S/C20H30N2O4/c1-5-25-16-8-6-7-9-17(16)26-15-19(24)22-12-10-21(11-13-22)18(23)14-20(2,3)4/h6-9H,5,10-15H2,1-4H3. The Morgan fingerprint density at radius 2 is 1.42 bits per heavy atom. The van der Waals surface area contributed by atoms with E-state index in [-0.39, 0.29) is 23.8 Å². The molecule has 26 heavy (non-hydrogen) atoms. The summed E-state index contributed by atoms with van der Waals surface area (Å²) in [5.74, 6) is 1.30. The lowest BCUT2D eigenvalue weighted by atomic mass is 9.91. The average molecular weight is 362 g/mol. The van der Waals surface area contributed by atoms with Gasteiger partial charge in [0.1, 0.15) is 0 Å². The molecule has 0 N–H and O–H groups in total. The maximum absolute atomic E-state index is 12.4. The largest absolute Gasteiger partial charge is 0.490 e. The molecule has 0 atom stereocenters. The summed E-state index contributed by atoms with van der Waals surface area (Å²) in [6.45, 7) is 10.8. The third kappa shape index (κ3) is 5.93. The van der Waals surface area contributed by atoms with Crippen molar-refractivity contribution in [2.24, 2.45) is 5.41 Å². The van der Waals surface area contributed by atoms with Gasteiger partial charge in [0.15, 0.2) is 18.1 Å². The van der Waals surface area contributed by atoms with E-state index in [0.29, 0.717) is 50.7 Å². The van der Waals surface area contributed by atoms with Crippen LogP contribution in [0.4, 0.5) is 0 Å². The molecule has 1 saturated heterocycles. The van der Waals surface area contributed by atoms with Crippen LogP contribution >= 0.6 is 0 Å². The van der Waals surface area contributed by atoms with Crippen LogP contribution in [-0.2, 0) is 9.59 Å². The third-order valence-electron chi connectivity index (χ3n) is 4.17. The van der Waals surface area contributed by atoms with Crippen molar-refractivity contribution in [1.82, 2.24) is 9.80 Å². The van der Waals surface area contributed by atoms with Crippen LogP contribution in [0.1, 0.15) is 34.1 Å². The summed E-state index contributed by atoms with van der Waals surface area (Å²) in [6.07, 6.45) is 0.526. The van der Waals surface area contributed by atoms with Crippen molar-refractivity contribution < 1.29 is 19.1 Å². The first-order valence-corrected chi connectivity index (χ1v) is 9.20. The molecule has 2 rings (SSSR count). The lowest BCUT2D eigenvalue weighted by Crippen LogP contribution is -2.52. The van der Waals surface area contributed by atoms with Crippen LogP contribution in [0.5, 0.6) is 11.5 Å². The molecule has 1 aliphatic rings. The van der Waals surface area contributed by atoms with Crippen LogP contribution in [0.2, 0.25) is 0 Å². The van der Waals surface area contributed by atoms with E-state index in [4.69, 9.17) is 9.47 Å². The van der Waals surface area contributed by atoms with E-state index in [1.54, 1.807) is 11.0 Å². The first-order chi connectivity index (χ1) is 12.3. The number of amides is 2. The van der Waals surface area contributed by atoms with E-state index in [0.717, 1.165) is 0 Å². The minimum atomic E-state index is -0.0702. The Kier molecular flexibility index (Phi) is 6.89. The van der Waals surface area contributed by atoms with E-state index >= 15 is 0 Å². The van der Waals surface area contributed by atoms with Crippen molar-refractivity contribution in [3.63, 3.8) is 0 Å². The van der Waals surface area contributed by atoms with Gasteiger partial charge in [-0.1, -0.05) is 32.9 Å². The number of para-hydroxylation sites is 2. The Morgan fingerprint density at radius 1 is 0.923 bits per heavy atom. The summed E-state index contributed by atoms with van der Waals surface area (Å²) in [5.41, 5.74) is -0.0220. The fourth-order valence-corrected chi connectivity index (χ4v) is 2.85. The molecule has 6 heteroatoms. The molecule has 0 unspecified atom stereocenters. The minimum Gasteiger partial charge on any atom is -0.490 e. The molecule has 0 bridgehead atoms. The van der Waals surface area contributed by atoms with Gasteiger partial charge >= 0.3 is 0 Å². The molecule has 1 aliphatic heterocycles. The lowest BCUT2D eigenvalue weighted by Gasteiger charge is -2.36. The van der Waals surface area contributed by atoms with Crippen molar-refractivity contribution in [2.75, 3.05) is 39.4 Å². The highest BCUT2D eigenvalue weighted by atomic mass is 16.5. The summed E-state index contributed by atoms with van der Waals surface area (Å²) in [5, 5.41) is 0. The number of rotatable bonds is 6. The van der Waals surface area contributed by atoms with Crippen molar-refractivity contribution >= 4 is 11.8 Å². The Bertz CT molecular complexity index is 616. The van der Waals surface area contributed by atoms with Gasteiger partial charge in [-0.05, 0) is 24.5 Å². The van der Waals surface area contributed by atoms with Crippen molar-refractivity contribution in [3.05, 3.63) is 24.3 Å². The number of hydrogen-bond donors (Lipinski definition) is 0. The van der Waals surface area contributed by atoms with Crippen LogP contribution in [0.25, 0.3) is 0 Å². The van der Waals surface area contributed by atoms with Crippen molar-refractivity contribution in [2.45, 2.75) is 34.1 Å². The fourth-order valence-electron chi connectivity index (χ4n) is 2.85. The molecule has 1 fully saturated rings. The molecule has 2 amide bonds. The van der Waals surface area contributed by atoms with E-state index in [9.17, 15) is 9.59 Å². The van der Waals surface area contributed by atoms with Crippen LogP contribution in [-0.4, -0.2) is 61.0 Å². The number of nitrogens with zero attached hydrogens (tertiary/aromatic N) is 2. The predicted octanol–water partition coefficient (Wildman–Crippen LogP) is 2.57. The van der Waals surface area contributed by atoms with E-state index in [1.165, 1.54) is 0 Å².